The predicted octanol–water partition coefficient (Wildman–Crippen LogP) is 3.09. The quantitative estimate of drug-likeness (QED) is 0.569. The van der Waals surface area contributed by atoms with Gasteiger partial charge in [0.15, 0.2) is 0 Å². The van der Waals surface area contributed by atoms with Gasteiger partial charge in [-0.1, -0.05) is 17.4 Å². The van der Waals surface area contributed by atoms with Crippen molar-refractivity contribution in [3.05, 3.63) is 45.6 Å². The first-order valence-corrected chi connectivity index (χ1v) is 9.05. The van der Waals surface area contributed by atoms with Crippen molar-refractivity contribution in [2.75, 3.05) is 23.3 Å². The Hall–Kier alpha value is -2.68. The molecule has 9 heteroatoms. The Kier molecular flexibility index (Phi) is 4.00. The van der Waals surface area contributed by atoms with Gasteiger partial charge >= 0.3 is 5.82 Å². The van der Waals surface area contributed by atoms with Crippen LogP contribution < -0.4 is 10.2 Å². The molecule has 0 unspecified atom stereocenters. The number of piperidine rings is 1. The van der Waals surface area contributed by atoms with Gasteiger partial charge in [0, 0.05) is 30.2 Å². The number of rotatable bonds is 4. The van der Waals surface area contributed by atoms with E-state index in [4.69, 9.17) is 0 Å². The van der Waals surface area contributed by atoms with E-state index in [0.717, 1.165) is 37.4 Å². The SMILES string of the molecule is Cc1cccc(NC2CCN(c3nc4sccn4c3[N+](=O)[O-])CC2)n1. The maximum atomic E-state index is 11.5. The number of pyridine rings is 1. The summed E-state index contributed by atoms with van der Waals surface area (Å²) in [6, 6.07) is 6.24. The largest absolute Gasteiger partial charge is 0.373 e. The first-order chi connectivity index (χ1) is 12.1. The van der Waals surface area contributed by atoms with E-state index >= 15 is 0 Å². The van der Waals surface area contributed by atoms with E-state index in [0.29, 0.717) is 16.8 Å². The van der Waals surface area contributed by atoms with E-state index in [1.807, 2.05) is 35.4 Å². The third-order valence-electron chi connectivity index (χ3n) is 4.43. The van der Waals surface area contributed by atoms with Gasteiger partial charge in [-0.05, 0) is 36.8 Å². The molecule has 0 atom stereocenters. The van der Waals surface area contributed by atoms with E-state index in [9.17, 15) is 10.1 Å². The molecule has 130 valence electrons. The molecule has 25 heavy (non-hydrogen) atoms. The highest BCUT2D eigenvalue weighted by Crippen LogP contribution is 2.32. The molecule has 1 fully saturated rings. The maximum Gasteiger partial charge on any atom is 0.373 e. The zero-order valence-corrected chi connectivity index (χ0v) is 14.6. The summed E-state index contributed by atoms with van der Waals surface area (Å²) in [5, 5.41) is 16.7. The molecule has 1 aliphatic heterocycles. The summed E-state index contributed by atoms with van der Waals surface area (Å²) in [6.07, 6.45) is 3.47. The molecule has 0 aromatic carbocycles. The fourth-order valence-electron chi connectivity index (χ4n) is 3.21. The van der Waals surface area contributed by atoms with Gasteiger partial charge in [-0.2, -0.15) is 9.38 Å². The van der Waals surface area contributed by atoms with Crippen LogP contribution in [0, 0.1) is 17.0 Å². The van der Waals surface area contributed by atoms with Gasteiger partial charge in [-0.25, -0.2) is 4.98 Å². The van der Waals surface area contributed by atoms with E-state index in [2.05, 4.69) is 15.3 Å². The molecule has 1 N–H and O–H groups in total. The number of nitrogens with one attached hydrogen (secondary N) is 1. The summed E-state index contributed by atoms with van der Waals surface area (Å²) in [4.78, 5) is 22.8. The summed E-state index contributed by atoms with van der Waals surface area (Å²) in [5.41, 5.74) is 0.983. The molecule has 3 aromatic rings. The van der Waals surface area contributed by atoms with Crippen LogP contribution in [0.4, 0.5) is 17.5 Å². The number of thiazole rings is 1. The summed E-state index contributed by atoms with van der Waals surface area (Å²) >= 11 is 1.41. The second kappa shape index (κ2) is 6.32. The highest BCUT2D eigenvalue weighted by Gasteiger charge is 2.30. The normalized spacial score (nSPS) is 15.6. The second-order valence-electron chi connectivity index (χ2n) is 6.14. The number of aromatic nitrogens is 3. The molecule has 4 heterocycles. The Labute approximate surface area is 148 Å². The van der Waals surface area contributed by atoms with Gasteiger partial charge in [0.2, 0.25) is 5.82 Å². The summed E-state index contributed by atoms with van der Waals surface area (Å²) < 4.78 is 1.56. The zero-order valence-electron chi connectivity index (χ0n) is 13.8. The van der Waals surface area contributed by atoms with Crippen molar-refractivity contribution in [3.63, 3.8) is 0 Å². The van der Waals surface area contributed by atoms with Gasteiger partial charge in [0.05, 0.1) is 0 Å². The van der Waals surface area contributed by atoms with Crippen LogP contribution in [0.15, 0.2) is 29.8 Å². The fraction of sp³-hybridized carbons (Fsp3) is 0.375. The fourth-order valence-corrected chi connectivity index (χ4v) is 3.92. The van der Waals surface area contributed by atoms with Crippen molar-refractivity contribution < 1.29 is 4.92 Å². The number of hydrogen-bond acceptors (Lipinski definition) is 7. The molecule has 0 aliphatic carbocycles. The Morgan fingerprint density at radius 1 is 1.32 bits per heavy atom. The molecule has 0 spiro atoms. The summed E-state index contributed by atoms with van der Waals surface area (Å²) in [5.74, 6) is 1.42. The molecule has 0 bridgehead atoms. The molecule has 0 saturated carbocycles. The monoisotopic (exact) mass is 358 g/mol. The lowest BCUT2D eigenvalue weighted by Gasteiger charge is -2.32. The molecule has 3 aromatic heterocycles. The van der Waals surface area contributed by atoms with Crippen LogP contribution in [-0.2, 0) is 0 Å². The minimum Gasteiger partial charge on any atom is -0.367 e. The predicted molar refractivity (Wildman–Crippen MR) is 97.6 cm³/mol. The lowest BCUT2D eigenvalue weighted by Crippen LogP contribution is -2.39. The number of fused-ring (bicyclic) bond motifs is 1. The standard InChI is InChI=1S/C16H18N6O2S/c1-11-3-2-4-13(17-11)18-12-5-7-20(8-6-12)14-15(22(23)24)21-9-10-25-16(21)19-14/h2-4,9-10,12H,5-8H2,1H3,(H,17,18). The summed E-state index contributed by atoms with van der Waals surface area (Å²) in [7, 11) is 0. The second-order valence-corrected chi connectivity index (χ2v) is 7.01. The maximum absolute atomic E-state index is 11.5. The van der Waals surface area contributed by atoms with E-state index < -0.39 is 0 Å². The first-order valence-electron chi connectivity index (χ1n) is 8.17. The molecule has 0 amide bonds. The van der Waals surface area contributed by atoms with Crippen LogP contribution in [0.25, 0.3) is 4.96 Å². The number of anilines is 2. The molecular formula is C16H18N6O2S. The molecule has 4 rings (SSSR count). The number of nitrogens with zero attached hydrogens (tertiary/aromatic N) is 5. The van der Waals surface area contributed by atoms with Crippen molar-refractivity contribution in [1.82, 2.24) is 14.4 Å². The van der Waals surface area contributed by atoms with Gasteiger partial charge < -0.3 is 20.3 Å². The average Bonchev–Trinajstić information content (AvgIpc) is 3.16. The van der Waals surface area contributed by atoms with Gasteiger partial charge in [-0.15, -0.1) is 0 Å². The average molecular weight is 358 g/mol. The van der Waals surface area contributed by atoms with Crippen molar-refractivity contribution >= 4 is 33.8 Å². The lowest BCUT2D eigenvalue weighted by molar-refractivity contribution is -0.389. The number of aryl methyl sites for hydroxylation is 1. The minimum atomic E-state index is -0.344. The Morgan fingerprint density at radius 3 is 2.84 bits per heavy atom. The van der Waals surface area contributed by atoms with Crippen LogP contribution in [0.3, 0.4) is 0 Å². The molecular weight excluding hydrogens is 340 g/mol. The lowest BCUT2D eigenvalue weighted by atomic mass is 10.1. The highest BCUT2D eigenvalue weighted by atomic mass is 32.1. The van der Waals surface area contributed by atoms with Crippen molar-refractivity contribution in [3.8, 4) is 0 Å². The Balaban J connectivity index is 1.48. The van der Waals surface area contributed by atoms with Gasteiger partial charge in [0.1, 0.15) is 12.0 Å². The van der Waals surface area contributed by atoms with Gasteiger partial charge in [-0.3, -0.25) is 0 Å². The molecule has 1 saturated heterocycles. The third kappa shape index (κ3) is 3.02. The van der Waals surface area contributed by atoms with E-state index in [1.54, 1.807) is 10.6 Å². The van der Waals surface area contributed by atoms with Crippen LogP contribution in [0.5, 0.6) is 0 Å². The zero-order chi connectivity index (χ0) is 17.4. The molecule has 0 radical (unpaired) electrons. The van der Waals surface area contributed by atoms with Crippen molar-refractivity contribution in [1.29, 1.82) is 0 Å². The van der Waals surface area contributed by atoms with Crippen molar-refractivity contribution in [2.24, 2.45) is 0 Å². The summed E-state index contributed by atoms with van der Waals surface area (Å²) in [6.45, 7) is 3.43. The first kappa shape index (κ1) is 15.8. The molecule has 1 aliphatic rings. The Morgan fingerprint density at radius 2 is 2.12 bits per heavy atom. The number of nitro groups is 1. The van der Waals surface area contributed by atoms with E-state index in [-0.39, 0.29) is 10.7 Å². The minimum absolute atomic E-state index is 0.0583. The van der Waals surface area contributed by atoms with Crippen LogP contribution in [0.2, 0.25) is 0 Å². The van der Waals surface area contributed by atoms with Crippen LogP contribution in [0.1, 0.15) is 18.5 Å². The highest BCUT2D eigenvalue weighted by molar-refractivity contribution is 7.15. The Bertz CT molecular complexity index is 912. The van der Waals surface area contributed by atoms with Crippen LogP contribution >= 0.6 is 11.3 Å². The van der Waals surface area contributed by atoms with Crippen molar-refractivity contribution in [2.45, 2.75) is 25.8 Å². The topological polar surface area (TPSA) is 88.6 Å². The molecule has 8 nitrogen and oxygen atoms in total. The smallest absolute Gasteiger partial charge is 0.367 e. The number of imidazole rings is 1. The van der Waals surface area contributed by atoms with Gasteiger partial charge in [0.25, 0.3) is 4.96 Å². The third-order valence-corrected chi connectivity index (χ3v) is 5.18. The van der Waals surface area contributed by atoms with E-state index in [1.165, 1.54) is 11.3 Å². The van der Waals surface area contributed by atoms with Crippen LogP contribution in [-0.4, -0.2) is 38.4 Å². The number of hydrogen-bond donors (Lipinski definition) is 1.